The molecule has 1 aromatic carbocycles. The third kappa shape index (κ3) is 2.19. The fraction of sp³-hybridized carbons (Fsp3) is 0.300. The van der Waals surface area contributed by atoms with Crippen molar-refractivity contribution >= 4 is 50.9 Å². The predicted molar refractivity (Wildman–Crippen MR) is 73.2 cm³/mol. The molecule has 2 aromatic rings. The molecule has 0 spiro atoms. The molecule has 2 rings (SSSR count). The molecule has 0 atom stereocenters. The van der Waals surface area contributed by atoms with E-state index in [0.29, 0.717) is 9.24 Å². The molecule has 6 heteroatoms. The molecule has 0 bridgehead atoms. The molecule has 1 aromatic heterocycles. The van der Waals surface area contributed by atoms with E-state index in [0.717, 1.165) is 23.3 Å². The Hall–Kier alpha value is -0.330. The maximum Gasteiger partial charge on any atom is 0.178 e. The third-order valence-electron chi connectivity index (χ3n) is 2.34. The number of benzene rings is 1. The fourth-order valence-electron chi connectivity index (χ4n) is 1.56. The van der Waals surface area contributed by atoms with Crippen LogP contribution in [0.25, 0.3) is 11.0 Å². The van der Waals surface area contributed by atoms with E-state index in [1.807, 2.05) is 10.8 Å². The number of thioether (sulfide) groups is 1. The molecular weight excluding hydrogens is 311 g/mol. The zero-order chi connectivity index (χ0) is 11.7. The fourth-order valence-corrected chi connectivity index (χ4v) is 2.55. The number of rotatable bonds is 3. The molecule has 16 heavy (non-hydrogen) atoms. The molecule has 0 fully saturated rings. The summed E-state index contributed by atoms with van der Waals surface area (Å²) < 4.78 is 16.4. The van der Waals surface area contributed by atoms with Crippen LogP contribution in [0.5, 0.6) is 0 Å². The van der Waals surface area contributed by atoms with Crippen LogP contribution in [0, 0.1) is 10.6 Å². The van der Waals surface area contributed by atoms with E-state index in [1.54, 1.807) is 17.8 Å². The van der Waals surface area contributed by atoms with Crippen molar-refractivity contribution < 1.29 is 4.39 Å². The number of hydrogen-bond donors (Lipinski definition) is 1. The van der Waals surface area contributed by atoms with E-state index in [-0.39, 0.29) is 5.82 Å². The first kappa shape index (κ1) is 12.1. The summed E-state index contributed by atoms with van der Waals surface area (Å²) in [7, 11) is 0. The zero-order valence-electron chi connectivity index (χ0n) is 8.59. The van der Waals surface area contributed by atoms with Gasteiger partial charge in [0.2, 0.25) is 0 Å². The van der Waals surface area contributed by atoms with Gasteiger partial charge in [0, 0.05) is 18.4 Å². The number of aromatic nitrogens is 2. The first-order valence-electron chi connectivity index (χ1n) is 4.70. The first-order chi connectivity index (χ1) is 7.63. The largest absolute Gasteiger partial charge is 0.330 e. The predicted octanol–water partition coefficient (Wildman–Crippen LogP) is 3.96. The van der Waals surface area contributed by atoms with E-state index in [1.165, 1.54) is 6.07 Å². The molecule has 0 radical (unpaired) electrons. The van der Waals surface area contributed by atoms with Gasteiger partial charge in [-0.2, -0.15) is 11.8 Å². The Morgan fingerprint density at radius 3 is 3.00 bits per heavy atom. The van der Waals surface area contributed by atoms with Crippen molar-refractivity contribution in [2.75, 3.05) is 12.0 Å². The van der Waals surface area contributed by atoms with Gasteiger partial charge in [-0.15, -0.1) is 0 Å². The summed E-state index contributed by atoms with van der Waals surface area (Å²) in [4.78, 5) is 3.01. The standard InChI is InChI=1S/C10H10BrFN2S2/c1-16-3-2-14-9-4-6(11)7(12)5-8(9)13-10(14)15/h4-5H,2-3H2,1H3,(H,13,15). The molecular formula is C10H10BrFN2S2. The SMILES string of the molecule is CSCCn1c(=S)[nH]c2cc(F)c(Br)cc21. The second kappa shape index (κ2) is 4.89. The second-order valence-electron chi connectivity index (χ2n) is 3.36. The summed E-state index contributed by atoms with van der Waals surface area (Å²) >= 11 is 10.2. The van der Waals surface area contributed by atoms with Gasteiger partial charge in [0.15, 0.2) is 4.77 Å². The van der Waals surface area contributed by atoms with Crippen LogP contribution in [0.15, 0.2) is 16.6 Å². The van der Waals surface area contributed by atoms with Gasteiger partial charge in [-0.05, 0) is 40.5 Å². The first-order valence-corrected chi connectivity index (χ1v) is 7.29. The van der Waals surface area contributed by atoms with Crippen LogP contribution in [0.4, 0.5) is 4.39 Å². The minimum absolute atomic E-state index is 0.277. The maximum absolute atomic E-state index is 13.3. The van der Waals surface area contributed by atoms with Crippen LogP contribution in [0.2, 0.25) is 0 Å². The summed E-state index contributed by atoms with van der Waals surface area (Å²) in [6, 6.07) is 3.22. The minimum Gasteiger partial charge on any atom is -0.330 e. The summed E-state index contributed by atoms with van der Waals surface area (Å²) in [5.41, 5.74) is 1.68. The van der Waals surface area contributed by atoms with Gasteiger partial charge in [0.1, 0.15) is 5.82 Å². The number of aromatic amines is 1. The monoisotopic (exact) mass is 320 g/mol. The number of nitrogens with zero attached hydrogens (tertiary/aromatic N) is 1. The van der Waals surface area contributed by atoms with Crippen LogP contribution >= 0.6 is 39.9 Å². The van der Waals surface area contributed by atoms with E-state index < -0.39 is 0 Å². The van der Waals surface area contributed by atoms with E-state index in [2.05, 4.69) is 20.9 Å². The van der Waals surface area contributed by atoms with Crippen molar-refractivity contribution in [3.8, 4) is 0 Å². The van der Waals surface area contributed by atoms with E-state index in [9.17, 15) is 4.39 Å². The number of H-pyrrole nitrogens is 1. The van der Waals surface area contributed by atoms with Crippen LogP contribution in [0.3, 0.4) is 0 Å². The molecule has 0 saturated carbocycles. The smallest absolute Gasteiger partial charge is 0.178 e. The van der Waals surface area contributed by atoms with Gasteiger partial charge >= 0.3 is 0 Å². The van der Waals surface area contributed by atoms with Gasteiger partial charge in [-0.3, -0.25) is 0 Å². The van der Waals surface area contributed by atoms with Crippen molar-refractivity contribution in [3.63, 3.8) is 0 Å². The number of aryl methyl sites for hydroxylation is 1. The molecule has 0 aliphatic rings. The highest BCUT2D eigenvalue weighted by Crippen LogP contribution is 2.23. The van der Waals surface area contributed by atoms with Crippen molar-refractivity contribution in [3.05, 3.63) is 27.2 Å². The molecule has 0 aliphatic heterocycles. The van der Waals surface area contributed by atoms with E-state index in [4.69, 9.17) is 12.2 Å². The quantitative estimate of drug-likeness (QED) is 0.864. The van der Waals surface area contributed by atoms with Crippen LogP contribution in [0.1, 0.15) is 0 Å². The Labute approximate surface area is 110 Å². The number of imidazole rings is 1. The Balaban J connectivity index is 2.60. The Bertz CT molecular complexity index is 576. The average Bonchev–Trinajstić information content (AvgIpc) is 2.52. The van der Waals surface area contributed by atoms with Crippen LogP contribution in [-0.2, 0) is 6.54 Å². The van der Waals surface area contributed by atoms with Crippen LogP contribution in [-0.4, -0.2) is 21.6 Å². The molecule has 0 saturated heterocycles. The van der Waals surface area contributed by atoms with Gasteiger partial charge in [0.25, 0.3) is 0 Å². The zero-order valence-corrected chi connectivity index (χ0v) is 11.8. The lowest BCUT2D eigenvalue weighted by molar-refractivity contribution is 0.622. The number of nitrogens with one attached hydrogen (secondary N) is 1. The van der Waals surface area contributed by atoms with Crippen molar-refractivity contribution in [2.24, 2.45) is 0 Å². The Morgan fingerprint density at radius 2 is 2.31 bits per heavy atom. The summed E-state index contributed by atoms with van der Waals surface area (Å²) in [6.07, 6.45) is 2.05. The molecule has 0 amide bonds. The lowest BCUT2D eigenvalue weighted by Crippen LogP contribution is -2.00. The minimum atomic E-state index is -0.277. The van der Waals surface area contributed by atoms with Gasteiger partial charge in [0.05, 0.1) is 15.5 Å². The summed E-state index contributed by atoms with van der Waals surface area (Å²) in [5.74, 6) is 0.705. The topological polar surface area (TPSA) is 20.7 Å². The van der Waals surface area contributed by atoms with Crippen molar-refractivity contribution in [2.45, 2.75) is 6.54 Å². The molecule has 2 nitrogen and oxygen atoms in total. The Kier molecular flexibility index (Phi) is 3.71. The highest BCUT2D eigenvalue weighted by atomic mass is 79.9. The van der Waals surface area contributed by atoms with Crippen LogP contribution < -0.4 is 0 Å². The normalized spacial score (nSPS) is 11.2. The Morgan fingerprint density at radius 1 is 1.56 bits per heavy atom. The van der Waals surface area contributed by atoms with Gasteiger partial charge in [-0.25, -0.2) is 4.39 Å². The average molecular weight is 321 g/mol. The number of fused-ring (bicyclic) bond motifs is 1. The highest BCUT2D eigenvalue weighted by molar-refractivity contribution is 9.10. The van der Waals surface area contributed by atoms with Crippen molar-refractivity contribution in [1.29, 1.82) is 0 Å². The van der Waals surface area contributed by atoms with E-state index >= 15 is 0 Å². The molecule has 1 N–H and O–H groups in total. The third-order valence-corrected chi connectivity index (χ3v) is 3.86. The summed E-state index contributed by atoms with van der Waals surface area (Å²) in [6.45, 7) is 0.831. The van der Waals surface area contributed by atoms with Gasteiger partial charge < -0.3 is 9.55 Å². The lowest BCUT2D eigenvalue weighted by atomic mass is 10.3. The number of halogens is 2. The number of hydrogen-bond acceptors (Lipinski definition) is 2. The maximum atomic E-state index is 13.3. The van der Waals surface area contributed by atoms with Gasteiger partial charge in [-0.1, -0.05) is 0 Å². The summed E-state index contributed by atoms with van der Waals surface area (Å²) in [5, 5.41) is 0. The molecule has 1 heterocycles. The molecule has 0 aliphatic carbocycles. The molecule has 0 unspecified atom stereocenters. The second-order valence-corrected chi connectivity index (χ2v) is 5.58. The van der Waals surface area contributed by atoms with Crippen molar-refractivity contribution in [1.82, 2.24) is 9.55 Å². The highest BCUT2D eigenvalue weighted by Gasteiger charge is 2.08. The molecule has 86 valence electrons. The lowest BCUT2D eigenvalue weighted by Gasteiger charge is -2.03.